The number of nitrogens with zero attached hydrogens (tertiary/aromatic N) is 3. The summed E-state index contributed by atoms with van der Waals surface area (Å²) in [4.78, 5) is 24.5. The van der Waals surface area contributed by atoms with Crippen molar-refractivity contribution < 1.29 is 4.79 Å². The summed E-state index contributed by atoms with van der Waals surface area (Å²) >= 11 is 0. The van der Waals surface area contributed by atoms with Crippen molar-refractivity contribution in [3.05, 3.63) is 85.3 Å². The number of pyridine rings is 2. The monoisotopic (exact) mass is 472 g/mol. The first-order chi connectivity index (χ1) is 17.6. The molecule has 0 unspecified atom stereocenters. The molecular formula is C29H24N6O. The minimum atomic E-state index is -0.104. The molecule has 0 aliphatic heterocycles. The van der Waals surface area contributed by atoms with Gasteiger partial charge in [-0.05, 0) is 48.0 Å². The molecule has 0 bridgehead atoms. The highest BCUT2D eigenvalue weighted by Crippen LogP contribution is 2.35. The van der Waals surface area contributed by atoms with Gasteiger partial charge in [-0.15, -0.1) is 0 Å². The van der Waals surface area contributed by atoms with Crippen LogP contribution >= 0.6 is 0 Å². The van der Waals surface area contributed by atoms with Crippen LogP contribution in [-0.2, 0) is 4.79 Å². The maximum absolute atomic E-state index is 12.1. The van der Waals surface area contributed by atoms with Crippen molar-refractivity contribution in [1.29, 1.82) is 0 Å². The molecule has 6 aromatic rings. The number of nitrogens with one attached hydrogen (secondary N) is 3. The molecule has 6 rings (SSSR count). The largest absolute Gasteiger partial charge is 0.353 e. The SMILES string of the molecule is CC(C)C(=O)Nc1cncc(-c2ccc3[nH]nc(-c4cc5c(-c6ccccn6)cccc5[nH]4)c3c2)c1. The Kier molecular flexibility index (Phi) is 5.30. The Hall–Kier alpha value is -4.78. The topological polar surface area (TPSA) is 99.3 Å². The van der Waals surface area contributed by atoms with Crippen molar-refractivity contribution in [3.8, 4) is 33.8 Å². The quantitative estimate of drug-likeness (QED) is 0.269. The molecule has 0 aliphatic rings. The van der Waals surface area contributed by atoms with Crippen LogP contribution in [0.4, 0.5) is 5.69 Å². The first kappa shape index (κ1) is 21.7. The number of benzene rings is 2. The number of H-pyrrole nitrogens is 2. The third-order valence-corrected chi connectivity index (χ3v) is 6.29. The zero-order chi connectivity index (χ0) is 24.6. The zero-order valence-electron chi connectivity index (χ0n) is 19.9. The summed E-state index contributed by atoms with van der Waals surface area (Å²) in [6, 6.07) is 22.3. The number of rotatable bonds is 5. The molecule has 0 radical (unpaired) electrons. The van der Waals surface area contributed by atoms with E-state index in [9.17, 15) is 4.79 Å². The highest BCUT2D eigenvalue weighted by Gasteiger charge is 2.15. The molecule has 4 heterocycles. The van der Waals surface area contributed by atoms with E-state index in [-0.39, 0.29) is 11.8 Å². The number of fused-ring (bicyclic) bond motifs is 2. The van der Waals surface area contributed by atoms with E-state index >= 15 is 0 Å². The van der Waals surface area contributed by atoms with Gasteiger partial charge in [0.1, 0.15) is 5.69 Å². The van der Waals surface area contributed by atoms with E-state index in [2.05, 4.69) is 54.7 Å². The molecule has 0 saturated carbocycles. The van der Waals surface area contributed by atoms with Crippen LogP contribution in [0.5, 0.6) is 0 Å². The first-order valence-corrected chi connectivity index (χ1v) is 11.8. The zero-order valence-corrected chi connectivity index (χ0v) is 19.9. The van der Waals surface area contributed by atoms with Crippen molar-refractivity contribution in [2.45, 2.75) is 13.8 Å². The predicted octanol–water partition coefficient (Wildman–Crippen LogP) is 6.43. The lowest BCUT2D eigenvalue weighted by Gasteiger charge is -2.09. The Labute approximate surface area is 207 Å². The Balaban J connectivity index is 1.41. The number of anilines is 1. The molecule has 0 spiro atoms. The fourth-order valence-corrected chi connectivity index (χ4v) is 4.38. The third kappa shape index (κ3) is 3.90. The standard InChI is InChI=1S/C29H24N6O/c1-17(2)29(36)32-20-12-19(15-30-16-20)18-9-10-26-23(13-18)28(35-34-26)27-14-22-21(6-5-8-25(22)33-27)24-7-3-4-11-31-24/h3-17,33H,1-2H3,(H,32,36)(H,34,35). The Bertz CT molecular complexity index is 1710. The fraction of sp³-hybridized carbons (Fsp3) is 0.103. The van der Waals surface area contributed by atoms with E-state index in [1.54, 1.807) is 12.4 Å². The molecule has 3 N–H and O–H groups in total. The van der Waals surface area contributed by atoms with E-state index < -0.39 is 0 Å². The fourth-order valence-electron chi connectivity index (χ4n) is 4.38. The van der Waals surface area contributed by atoms with E-state index in [1.807, 2.05) is 62.5 Å². The summed E-state index contributed by atoms with van der Waals surface area (Å²) in [5, 5.41) is 12.8. The second-order valence-corrected chi connectivity index (χ2v) is 9.10. The number of carbonyl (C=O) groups is 1. The van der Waals surface area contributed by atoms with Crippen molar-refractivity contribution in [1.82, 2.24) is 25.1 Å². The average Bonchev–Trinajstić information content (AvgIpc) is 3.53. The summed E-state index contributed by atoms with van der Waals surface area (Å²) in [5.74, 6) is -0.140. The molecule has 7 heteroatoms. The number of aromatic amines is 2. The lowest BCUT2D eigenvalue weighted by molar-refractivity contribution is -0.118. The van der Waals surface area contributed by atoms with Gasteiger partial charge in [-0.3, -0.25) is 19.9 Å². The molecule has 4 aromatic heterocycles. The highest BCUT2D eigenvalue weighted by atomic mass is 16.1. The number of amides is 1. The number of hydrogen-bond donors (Lipinski definition) is 3. The predicted molar refractivity (Wildman–Crippen MR) is 143 cm³/mol. The molecule has 0 aliphatic carbocycles. The van der Waals surface area contributed by atoms with Gasteiger partial charge in [0.2, 0.25) is 5.91 Å². The van der Waals surface area contributed by atoms with E-state index in [0.717, 1.165) is 55.6 Å². The molecule has 2 aromatic carbocycles. The van der Waals surface area contributed by atoms with Gasteiger partial charge in [0.15, 0.2) is 0 Å². The van der Waals surface area contributed by atoms with Crippen molar-refractivity contribution in [2.75, 3.05) is 5.32 Å². The van der Waals surface area contributed by atoms with E-state index in [1.165, 1.54) is 0 Å². The summed E-state index contributed by atoms with van der Waals surface area (Å²) in [6.07, 6.45) is 5.27. The lowest BCUT2D eigenvalue weighted by atomic mass is 10.0. The van der Waals surface area contributed by atoms with Gasteiger partial charge in [-0.25, -0.2) is 0 Å². The van der Waals surface area contributed by atoms with Crippen molar-refractivity contribution in [2.24, 2.45) is 5.92 Å². The number of carbonyl (C=O) groups excluding carboxylic acids is 1. The summed E-state index contributed by atoms with van der Waals surface area (Å²) < 4.78 is 0. The Morgan fingerprint density at radius 1 is 0.889 bits per heavy atom. The maximum Gasteiger partial charge on any atom is 0.226 e. The van der Waals surface area contributed by atoms with Gasteiger partial charge in [-0.2, -0.15) is 5.10 Å². The summed E-state index contributed by atoms with van der Waals surface area (Å²) in [7, 11) is 0. The minimum Gasteiger partial charge on any atom is -0.353 e. The van der Waals surface area contributed by atoms with Gasteiger partial charge in [0.05, 0.1) is 28.8 Å². The second-order valence-electron chi connectivity index (χ2n) is 9.10. The maximum atomic E-state index is 12.1. The third-order valence-electron chi connectivity index (χ3n) is 6.29. The van der Waals surface area contributed by atoms with Gasteiger partial charge in [-0.1, -0.05) is 38.1 Å². The van der Waals surface area contributed by atoms with Gasteiger partial charge in [0.25, 0.3) is 0 Å². The molecule has 0 saturated heterocycles. The van der Waals surface area contributed by atoms with Gasteiger partial charge in [0, 0.05) is 45.7 Å². The molecule has 7 nitrogen and oxygen atoms in total. The Morgan fingerprint density at radius 3 is 2.64 bits per heavy atom. The van der Waals surface area contributed by atoms with E-state index in [0.29, 0.717) is 5.69 Å². The van der Waals surface area contributed by atoms with Crippen LogP contribution in [0.1, 0.15) is 13.8 Å². The van der Waals surface area contributed by atoms with Crippen molar-refractivity contribution in [3.63, 3.8) is 0 Å². The molecule has 1 amide bonds. The Morgan fingerprint density at radius 2 is 1.81 bits per heavy atom. The summed E-state index contributed by atoms with van der Waals surface area (Å²) in [6.45, 7) is 3.73. The van der Waals surface area contributed by atoms with Crippen LogP contribution in [-0.4, -0.2) is 31.1 Å². The smallest absolute Gasteiger partial charge is 0.226 e. The van der Waals surface area contributed by atoms with Gasteiger partial charge < -0.3 is 10.3 Å². The number of hydrogen-bond acceptors (Lipinski definition) is 4. The van der Waals surface area contributed by atoms with Crippen LogP contribution < -0.4 is 5.32 Å². The number of aromatic nitrogens is 5. The van der Waals surface area contributed by atoms with Crippen molar-refractivity contribution >= 4 is 33.4 Å². The normalized spacial score (nSPS) is 11.4. The summed E-state index contributed by atoms with van der Waals surface area (Å²) in [5.41, 5.74) is 8.31. The van der Waals surface area contributed by atoms with Crippen LogP contribution in [0, 0.1) is 5.92 Å². The average molecular weight is 473 g/mol. The molecule has 0 fully saturated rings. The lowest BCUT2D eigenvalue weighted by Crippen LogP contribution is -2.17. The van der Waals surface area contributed by atoms with Crippen LogP contribution in [0.25, 0.3) is 55.6 Å². The van der Waals surface area contributed by atoms with Crippen LogP contribution in [0.2, 0.25) is 0 Å². The van der Waals surface area contributed by atoms with E-state index in [4.69, 9.17) is 0 Å². The first-order valence-electron chi connectivity index (χ1n) is 11.8. The van der Waals surface area contributed by atoms with Crippen LogP contribution in [0.15, 0.2) is 85.3 Å². The molecule has 176 valence electrons. The second kappa shape index (κ2) is 8.78. The minimum absolute atomic E-state index is 0.0367. The highest BCUT2D eigenvalue weighted by molar-refractivity contribution is 6.01. The molecule has 36 heavy (non-hydrogen) atoms. The molecular weight excluding hydrogens is 448 g/mol. The van der Waals surface area contributed by atoms with Crippen LogP contribution in [0.3, 0.4) is 0 Å². The molecule has 0 atom stereocenters. The van der Waals surface area contributed by atoms with Gasteiger partial charge >= 0.3 is 0 Å².